The molecule has 1 rings (SSSR count). The van der Waals surface area contributed by atoms with E-state index in [4.69, 9.17) is 5.11 Å². The van der Waals surface area contributed by atoms with Gasteiger partial charge in [0.05, 0.1) is 11.2 Å². The summed E-state index contributed by atoms with van der Waals surface area (Å²) >= 11 is 0. The van der Waals surface area contributed by atoms with Crippen LogP contribution in [0.3, 0.4) is 0 Å². The summed E-state index contributed by atoms with van der Waals surface area (Å²) in [6.45, 7) is 0. The van der Waals surface area contributed by atoms with Gasteiger partial charge in [-0.25, -0.2) is 0 Å². The fourth-order valence-corrected chi connectivity index (χ4v) is 0.986. The van der Waals surface area contributed by atoms with Gasteiger partial charge in [-0.15, -0.1) is 0 Å². The summed E-state index contributed by atoms with van der Waals surface area (Å²) in [6, 6.07) is 6.32. The molecule has 0 spiro atoms. The molecule has 0 atom stereocenters. The number of allylic oxidation sites excluding steroid dienone is 1. The molecule has 4 heteroatoms. The summed E-state index contributed by atoms with van der Waals surface area (Å²) in [5, 5.41) is 18.8. The lowest BCUT2D eigenvalue weighted by atomic mass is 10.1. The molecular weight excluding hydrogens is 170 g/mol. The SMILES string of the molecule is O=[N+]([O-])c1cccc(C/C=C/O)c1. The van der Waals surface area contributed by atoms with Crippen LogP contribution in [-0.4, -0.2) is 10.0 Å². The van der Waals surface area contributed by atoms with Gasteiger partial charge in [-0.3, -0.25) is 10.1 Å². The second kappa shape index (κ2) is 4.25. The smallest absolute Gasteiger partial charge is 0.269 e. The van der Waals surface area contributed by atoms with E-state index in [-0.39, 0.29) is 5.69 Å². The summed E-state index contributed by atoms with van der Waals surface area (Å²) in [5.41, 5.74) is 0.878. The maximum Gasteiger partial charge on any atom is 0.269 e. The molecular formula is C9H9NO3. The Labute approximate surface area is 75.3 Å². The van der Waals surface area contributed by atoms with Crippen LogP contribution >= 0.6 is 0 Å². The Morgan fingerprint density at radius 1 is 1.54 bits per heavy atom. The van der Waals surface area contributed by atoms with E-state index in [0.29, 0.717) is 6.42 Å². The van der Waals surface area contributed by atoms with Crippen LogP contribution in [-0.2, 0) is 6.42 Å². The number of benzene rings is 1. The third-order valence-electron chi connectivity index (χ3n) is 1.58. The quantitative estimate of drug-likeness (QED) is 0.439. The van der Waals surface area contributed by atoms with E-state index in [0.717, 1.165) is 11.8 Å². The minimum absolute atomic E-state index is 0.0730. The second-order valence-electron chi connectivity index (χ2n) is 2.52. The zero-order valence-corrected chi connectivity index (χ0v) is 6.88. The first-order valence-corrected chi connectivity index (χ1v) is 3.76. The number of hydrogen-bond donors (Lipinski definition) is 1. The molecule has 0 aliphatic rings. The van der Waals surface area contributed by atoms with Crippen molar-refractivity contribution in [3.63, 3.8) is 0 Å². The van der Waals surface area contributed by atoms with Crippen molar-refractivity contribution in [2.24, 2.45) is 0 Å². The minimum Gasteiger partial charge on any atom is -0.516 e. The van der Waals surface area contributed by atoms with Gasteiger partial charge in [-0.2, -0.15) is 0 Å². The standard InChI is InChI=1S/C9H9NO3/c11-6-2-4-8-3-1-5-9(7-8)10(12)13/h1-3,5-7,11H,4H2/b6-2+. The number of rotatable bonds is 3. The first-order valence-electron chi connectivity index (χ1n) is 3.76. The number of hydrogen-bond acceptors (Lipinski definition) is 3. The topological polar surface area (TPSA) is 63.4 Å². The van der Waals surface area contributed by atoms with Crippen molar-refractivity contribution in [3.8, 4) is 0 Å². The molecule has 0 bridgehead atoms. The molecule has 0 heterocycles. The van der Waals surface area contributed by atoms with Crippen molar-refractivity contribution in [1.29, 1.82) is 0 Å². The van der Waals surface area contributed by atoms with Crippen LogP contribution in [0.25, 0.3) is 0 Å². The van der Waals surface area contributed by atoms with Gasteiger partial charge in [0.15, 0.2) is 0 Å². The summed E-state index contributed by atoms with van der Waals surface area (Å²) in [5.74, 6) is 0. The molecule has 0 saturated heterocycles. The molecule has 13 heavy (non-hydrogen) atoms. The number of nitro benzene ring substituents is 1. The predicted molar refractivity (Wildman–Crippen MR) is 48.6 cm³/mol. The third-order valence-corrected chi connectivity index (χ3v) is 1.58. The highest BCUT2D eigenvalue weighted by atomic mass is 16.6. The highest BCUT2D eigenvalue weighted by Crippen LogP contribution is 2.13. The van der Waals surface area contributed by atoms with Gasteiger partial charge in [0.25, 0.3) is 5.69 Å². The Morgan fingerprint density at radius 2 is 2.31 bits per heavy atom. The maximum atomic E-state index is 10.4. The molecule has 0 amide bonds. The van der Waals surface area contributed by atoms with E-state index in [1.165, 1.54) is 18.2 Å². The average Bonchev–Trinajstić information content (AvgIpc) is 2.15. The van der Waals surface area contributed by atoms with Gasteiger partial charge < -0.3 is 5.11 Å². The van der Waals surface area contributed by atoms with Gasteiger partial charge in [-0.1, -0.05) is 12.1 Å². The van der Waals surface area contributed by atoms with Crippen LogP contribution in [0.1, 0.15) is 5.56 Å². The first kappa shape index (κ1) is 9.25. The summed E-state index contributed by atoms with van der Waals surface area (Å²) in [7, 11) is 0. The monoisotopic (exact) mass is 179 g/mol. The van der Waals surface area contributed by atoms with Gasteiger partial charge in [0.2, 0.25) is 0 Å². The number of aliphatic hydroxyl groups is 1. The third kappa shape index (κ3) is 2.59. The summed E-state index contributed by atoms with van der Waals surface area (Å²) < 4.78 is 0. The van der Waals surface area contributed by atoms with E-state index >= 15 is 0 Å². The zero-order valence-electron chi connectivity index (χ0n) is 6.88. The molecule has 0 saturated carbocycles. The molecule has 1 N–H and O–H groups in total. The van der Waals surface area contributed by atoms with Crippen LogP contribution in [0.15, 0.2) is 36.6 Å². The van der Waals surface area contributed by atoms with Gasteiger partial charge in [-0.05, 0) is 18.1 Å². The van der Waals surface area contributed by atoms with Crippen molar-refractivity contribution in [1.82, 2.24) is 0 Å². The van der Waals surface area contributed by atoms with Crippen LogP contribution < -0.4 is 0 Å². The van der Waals surface area contributed by atoms with Crippen LogP contribution in [0.4, 0.5) is 5.69 Å². The van der Waals surface area contributed by atoms with Crippen molar-refractivity contribution in [2.75, 3.05) is 0 Å². The summed E-state index contributed by atoms with van der Waals surface area (Å²) in [6.07, 6.45) is 2.95. The lowest BCUT2D eigenvalue weighted by Gasteiger charge is -1.95. The molecule has 1 aromatic carbocycles. The average molecular weight is 179 g/mol. The van der Waals surface area contributed by atoms with E-state index in [1.54, 1.807) is 12.1 Å². The van der Waals surface area contributed by atoms with Crippen molar-refractivity contribution >= 4 is 5.69 Å². The largest absolute Gasteiger partial charge is 0.516 e. The fraction of sp³-hybridized carbons (Fsp3) is 0.111. The van der Waals surface area contributed by atoms with Gasteiger partial charge >= 0.3 is 0 Å². The predicted octanol–water partition coefficient (Wildman–Crippen LogP) is 2.21. The molecule has 0 radical (unpaired) electrons. The van der Waals surface area contributed by atoms with Gasteiger partial charge in [0.1, 0.15) is 0 Å². The Balaban J connectivity index is 2.85. The second-order valence-corrected chi connectivity index (χ2v) is 2.52. The lowest BCUT2D eigenvalue weighted by Crippen LogP contribution is -1.89. The van der Waals surface area contributed by atoms with Crippen molar-refractivity contribution in [3.05, 3.63) is 52.3 Å². The van der Waals surface area contributed by atoms with Crippen molar-refractivity contribution < 1.29 is 10.0 Å². The Hall–Kier alpha value is -1.84. The number of non-ortho nitro benzene ring substituents is 1. The molecule has 1 aromatic rings. The van der Waals surface area contributed by atoms with E-state index in [1.807, 2.05) is 0 Å². The highest BCUT2D eigenvalue weighted by Gasteiger charge is 2.03. The normalized spacial score (nSPS) is 10.5. The van der Waals surface area contributed by atoms with E-state index < -0.39 is 4.92 Å². The minimum atomic E-state index is -0.438. The number of nitrogens with zero attached hydrogens (tertiary/aromatic N) is 1. The first-order chi connectivity index (χ1) is 6.24. The van der Waals surface area contributed by atoms with Gasteiger partial charge in [0, 0.05) is 12.1 Å². The number of nitro groups is 1. The Bertz CT molecular complexity index is 333. The zero-order chi connectivity index (χ0) is 9.68. The van der Waals surface area contributed by atoms with Crippen molar-refractivity contribution in [2.45, 2.75) is 6.42 Å². The number of aliphatic hydroxyl groups excluding tert-OH is 1. The van der Waals surface area contributed by atoms with Crippen LogP contribution in [0.2, 0.25) is 0 Å². The maximum absolute atomic E-state index is 10.4. The Morgan fingerprint density at radius 3 is 2.92 bits per heavy atom. The molecule has 0 aromatic heterocycles. The van der Waals surface area contributed by atoms with Crippen LogP contribution in [0.5, 0.6) is 0 Å². The fourth-order valence-electron chi connectivity index (χ4n) is 0.986. The molecule has 0 aliphatic carbocycles. The molecule has 0 aliphatic heterocycles. The molecule has 4 nitrogen and oxygen atoms in total. The Kier molecular flexibility index (Phi) is 3.03. The molecule has 68 valence electrons. The van der Waals surface area contributed by atoms with E-state index in [2.05, 4.69) is 0 Å². The van der Waals surface area contributed by atoms with E-state index in [9.17, 15) is 10.1 Å². The molecule has 0 fully saturated rings. The molecule has 0 unspecified atom stereocenters. The van der Waals surface area contributed by atoms with Crippen LogP contribution in [0, 0.1) is 10.1 Å². The lowest BCUT2D eigenvalue weighted by molar-refractivity contribution is -0.384. The summed E-state index contributed by atoms with van der Waals surface area (Å²) in [4.78, 5) is 9.93. The highest BCUT2D eigenvalue weighted by molar-refractivity contribution is 5.34.